The second-order valence-electron chi connectivity index (χ2n) is 4.25. The zero-order valence-corrected chi connectivity index (χ0v) is 10.3. The zero-order chi connectivity index (χ0) is 12.1. The predicted molar refractivity (Wildman–Crippen MR) is 65.2 cm³/mol. The molecule has 0 aliphatic rings. The largest absolute Gasteiger partial charge is 0.362 e. The summed E-state index contributed by atoms with van der Waals surface area (Å²) in [6.45, 7) is 4.29. The highest BCUT2D eigenvalue weighted by atomic mass is 16.1. The minimum absolute atomic E-state index is 0.0134. The number of rotatable bonds is 4. The van der Waals surface area contributed by atoms with Crippen molar-refractivity contribution in [3.63, 3.8) is 0 Å². The molecule has 0 fully saturated rings. The van der Waals surface area contributed by atoms with Gasteiger partial charge >= 0.3 is 0 Å². The summed E-state index contributed by atoms with van der Waals surface area (Å²) in [4.78, 5) is 17.7. The van der Waals surface area contributed by atoms with Gasteiger partial charge in [-0.1, -0.05) is 19.9 Å². The van der Waals surface area contributed by atoms with E-state index in [-0.39, 0.29) is 11.8 Å². The van der Waals surface area contributed by atoms with Gasteiger partial charge in [0.1, 0.15) is 5.82 Å². The van der Waals surface area contributed by atoms with Gasteiger partial charge in [0.2, 0.25) is 5.91 Å². The second-order valence-corrected chi connectivity index (χ2v) is 4.25. The average molecular weight is 221 g/mol. The van der Waals surface area contributed by atoms with Gasteiger partial charge in [0.05, 0.1) is 0 Å². The summed E-state index contributed by atoms with van der Waals surface area (Å²) in [5, 5.41) is 2.89. The van der Waals surface area contributed by atoms with Gasteiger partial charge < -0.3 is 10.2 Å². The van der Waals surface area contributed by atoms with Crippen molar-refractivity contribution in [2.75, 3.05) is 19.0 Å². The van der Waals surface area contributed by atoms with Gasteiger partial charge in [-0.15, -0.1) is 0 Å². The summed E-state index contributed by atoms with van der Waals surface area (Å²) >= 11 is 0. The molecule has 0 aliphatic heterocycles. The van der Waals surface area contributed by atoms with E-state index in [4.69, 9.17) is 0 Å². The molecule has 1 rings (SSSR count). The van der Waals surface area contributed by atoms with E-state index in [1.165, 1.54) is 0 Å². The van der Waals surface area contributed by atoms with Crippen molar-refractivity contribution in [3.8, 4) is 0 Å². The van der Waals surface area contributed by atoms with Crippen molar-refractivity contribution in [1.29, 1.82) is 0 Å². The van der Waals surface area contributed by atoms with E-state index in [0.717, 1.165) is 11.4 Å². The number of nitrogens with zero attached hydrogens (tertiary/aromatic N) is 2. The fourth-order valence-electron chi connectivity index (χ4n) is 1.36. The molecule has 0 radical (unpaired) electrons. The van der Waals surface area contributed by atoms with Crippen molar-refractivity contribution in [3.05, 3.63) is 23.9 Å². The van der Waals surface area contributed by atoms with Crippen molar-refractivity contribution in [2.45, 2.75) is 20.4 Å². The number of nitrogens with one attached hydrogen (secondary N) is 1. The van der Waals surface area contributed by atoms with Gasteiger partial charge in [-0.3, -0.25) is 4.79 Å². The highest BCUT2D eigenvalue weighted by Gasteiger charge is 2.09. The molecule has 16 heavy (non-hydrogen) atoms. The quantitative estimate of drug-likeness (QED) is 0.836. The van der Waals surface area contributed by atoms with Crippen LogP contribution in [0.4, 0.5) is 5.82 Å². The molecule has 1 N–H and O–H groups in total. The first-order valence-electron chi connectivity index (χ1n) is 5.41. The number of carbonyl (C=O) groups is 1. The first-order chi connectivity index (χ1) is 7.52. The van der Waals surface area contributed by atoms with Crippen LogP contribution >= 0.6 is 0 Å². The molecule has 4 nitrogen and oxygen atoms in total. The van der Waals surface area contributed by atoms with E-state index >= 15 is 0 Å². The Morgan fingerprint density at radius 2 is 2.19 bits per heavy atom. The molecule has 0 saturated heterocycles. The van der Waals surface area contributed by atoms with E-state index in [0.29, 0.717) is 6.54 Å². The summed E-state index contributed by atoms with van der Waals surface area (Å²) in [6.07, 6.45) is 1.75. The van der Waals surface area contributed by atoms with Crippen molar-refractivity contribution in [1.82, 2.24) is 10.3 Å². The molecule has 0 atom stereocenters. The van der Waals surface area contributed by atoms with Crippen LogP contribution in [0.3, 0.4) is 0 Å². The smallest absolute Gasteiger partial charge is 0.222 e. The maximum absolute atomic E-state index is 11.5. The third kappa shape index (κ3) is 3.22. The normalized spacial score (nSPS) is 10.3. The SMILES string of the molecule is CC(C)C(=O)NCc1cccnc1N(C)C. The molecule has 0 bridgehead atoms. The molecule has 1 aromatic rings. The van der Waals surface area contributed by atoms with E-state index < -0.39 is 0 Å². The summed E-state index contributed by atoms with van der Waals surface area (Å²) in [6, 6.07) is 3.85. The van der Waals surface area contributed by atoms with Gasteiger partial charge in [0, 0.05) is 38.3 Å². The lowest BCUT2D eigenvalue weighted by Gasteiger charge is -2.16. The van der Waals surface area contributed by atoms with Crippen LogP contribution in [0.1, 0.15) is 19.4 Å². The second kappa shape index (κ2) is 5.49. The highest BCUT2D eigenvalue weighted by Crippen LogP contribution is 2.13. The first-order valence-corrected chi connectivity index (χ1v) is 5.41. The summed E-state index contributed by atoms with van der Waals surface area (Å²) < 4.78 is 0. The van der Waals surface area contributed by atoms with E-state index in [9.17, 15) is 4.79 Å². The minimum atomic E-state index is 0.0134. The van der Waals surface area contributed by atoms with Crippen LogP contribution in [0.2, 0.25) is 0 Å². The third-order valence-corrected chi connectivity index (χ3v) is 2.27. The number of amides is 1. The van der Waals surface area contributed by atoms with E-state index in [1.807, 2.05) is 45.0 Å². The molecule has 0 saturated carbocycles. The lowest BCUT2D eigenvalue weighted by Crippen LogP contribution is -2.28. The predicted octanol–water partition coefficient (Wildman–Crippen LogP) is 1.42. The Morgan fingerprint density at radius 3 is 2.75 bits per heavy atom. The van der Waals surface area contributed by atoms with Crippen LogP contribution in [-0.2, 0) is 11.3 Å². The highest BCUT2D eigenvalue weighted by molar-refractivity contribution is 5.77. The number of carbonyl (C=O) groups excluding carboxylic acids is 1. The van der Waals surface area contributed by atoms with Crippen molar-refractivity contribution < 1.29 is 4.79 Å². The van der Waals surface area contributed by atoms with Gasteiger partial charge in [0.15, 0.2) is 0 Å². The van der Waals surface area contributed by atoms with E-state index in [1.54, 1.807) is 6.20 Å². The lowest BCUT2D eigenvalue weighted by molar-refractivity contribution is -0.124. The van der Waals surface area contributed by atoms with Gasteiger partial charge in [-0.05, 0) is 6.07 Å². The lowest BCUT2D eigenvalue weighted by atomic mass is 10.2. The summed E-state index contributed by atoms with van der Waals surface area (Å²) in [5.74, 6) is 0.972. The Labute approximate surface area is 96.7 Å². The number of hydrogen-bond donors (Lipinski definition) is 1. The molecule has 1 aromatic heterocycles. The summed E-state index contributed by atoms with van der Waals surface area (Å²) in [5.41, 5.74) is 1.03. The van der Waals surface area contributed by atoms with Gasteiger partial charge in [0.25, 0.3) is 0 Å². The Hall–Kier alpha value is -1.58. The van der Waals surface area contributed by atoms with Crippen molar-refractivity contribution >= 4 is 11.7 Å². The number of anilines is 1. The van der Waals surface area contributed by atoms with E-state index in [2.05, 4.69) is 10.3 Å². The fourth-order valence-corrected chi connectivity index (χ4v) is 1.36. The van der Waals surface area contributed by atoms with Crippen LogP contribution < -0.4 is 10.2 Å². The van der Waals surface area contributed by atoms with Crippen LogP contribution in [0.25, 0.3) is 0 Å². The fraction of sp³-hybridized carbons (Fsp3) is 0.500. The summed E-state index contributed by atoms with van der Waals surface area (Å²) in [7, 11) is 3.88. The Kier molecular flexibility index (Phi) is 4.28. The average Bonchev–Trinajstić information content (AvgIpc) is 2.25. The van der Waals surface area contributed by atoms with Crippen molar-refractivity contribution in [2.24, 2.45) is 5.92 Å². The van der Waals surface area contributed by atoms with Crippen LogP contribution in [0, 0.1) is 5.92 Å². The van der Waals surface area contributed by atoms with Crippen LogP contribution in [0.5, 0.6) is 0 Å². The standard InChI is InChI=1S/C12H19N3O/c1-9(2)12(16)14-8-10-6-5-7-13-11(10)15(3)4/h5-7,9H,8H2,1-4H3,(H,14,16). The molecular weight excluding hydrogens is 202 g/mol. The zero-order valence-electron chi connectivity index (χ0n) is 10.3. The monoisotopic (exact) mass is 221 g/mol. The first kappa shape index (κ1) is 12.5. The topological polar surface area (TPSA) is 45.2 Å². The number of aromatic nitrogens is 1. The van der Waals surface area contributed by atoms with Crippen LogP contribution in [0.15, 0.2) is 18.3 Å². The van der Waals surface area contributed by atoms with Gasteiger partial charge in [-0.25, -0.2) is 4.98 Å². The van der Waals surface area contributed by atoms with Crippen LogP contribution in [-0.4, -0.2) is 25.0 Å². The molecule has 1 amide bonds. The molecule has 0 aromatic carbocycles. The maximum Gasteiger partial charge on any atom is 0.222 e. The maximum atomic E-state index is 11.5. The van der Waals surface area contributed by atoms with Gasteiger partial charge in [-0.2, -0.15) is 0 Å². The molecule has 1 heterocycles. The Bertz CT molecular complexity index is 361. The third-order valence-electron chi connectivity index (χ3n) is 2.27. The minimum Gasteiger partial charge on any atom is -0.362 e. The number of hydrogen-bond acceptors (Lipinski definition) is 3. The Morgan fingerprint density at radius 1 is 1.50 bits per heavy atom. The molecule has 88 valence electrons. The molecular formula is C12H19N3O. The Balaban J connectivity index is 2.70. The molecule has 0 aliphatic carbocycles. The molecule has 0 unspecified atom stereocenters. The molecule has 0 spiro atoms. The number of pyridine rings is 1. The molecule has 4 heteroatoms.